The van der Waals surface area contributed by atoms with Crippen LogP contribution in [0.15, 0.2) is 0 Å². The van der Waals surface area contributed by atoms with Crippen LogP contribution in [0.1, 0.15) is 116 Å². The second-order valence-corrected chi connectivity index (χ2v) is 7.91. The van der Waals surface area contributed by atoms with Crippen molar-refractivity contribution >= 4 is 6.29 Å². The number of nitro groups is 3. The van der Waals surface area contributed by atoms with Crippen molar-refractivity contribution in [1.29, 1.82) is 0 Å². The second-order valence-electron chi connectivity index (χ2n) is 7.91. The van der Waals surface area contributed by atoms with E-state index in [1.807, 2.05) is 0 Å². The Labute approximate surface area is 178 Å². The lowest BCUT2D eigenvalue weighted by atomic mass is 10.0. The molecule has 0 amide bonds. The molecule has 0 fully saturated rings. The second kappa shape index (κ2) is 17.7. The minimum atomic E-state index is -3.31. The molecule has 0 N–H and O–H groups in total. The van der Waals surface area contributed by atoms with Crippen LogP contribution >= 0.6 is 0 Å². The summed E-state index contributed by atoms with van der Waals surface area (Å²) in [6.45, 7) is 0. The van der Waals surface area contributed by atoms with Gasteiger partial charge in [0, 0.05) is 6.42 Å². The van der Waals surface area contributed by atoms with E-state index in [2.05, 4.69) is 0 Å². The minimum absolute atomic E-state index is 0.0972. The Morgan fingerprint density at radius 1 is 0.500 bits per heavy atom. The van der Waals surface area contributed by atoms with Gasteiger partial charge in [0.15, 0.2) is 21.2 Å². The van der Waals surface area contributed by atoms with Gasteiger partial charge in [-0.1, -0.05) is 89.9 Å². The Kier molecular flexibility index (Phi) is 16.4. The van der Waals surface area contributed by atoms with Crippen molar-refractivity contribution in [3.8, 4) is 0 Å². The van der Waals surface area contributed by atoms with E-state index in [0.29, 0.717) is 12.8 Å². The summed E-state index contributed by atoms with van der Waals surface area (Å²) in [5.41, 5.74) is 0. The molecule has 0 aromatic carbocycles. The van der Waals surface area contributed by atoms with Gasteiger partial charge in [-0.25, -0.2) is 0 Å². The summed E-state index contributed by atoms with van der Waals surface area (Å²) in [6, 6.07) is 0. The number of aldehydes is 1. The average Bonchev–Trinajstić information content (AvgIpc) is 2.69. The maximum atomic E-state index is 10.8. The standard InChI is InChI=1S/C20H37N3O7/c24-19-17-15-13-11-9-7-5-3-1-2-4-6-8-10-12-14-16-18-20(21(25)26,22(27)28)23(29)30/h19H,1-18H2. The summed E-state index contributed by atoms with van der Waals surface area (Å²) >= 11 is 0. The van der Waals surface area contributed by atoms with Crippen LogP contribution in [0.3, 0.4) is 0 Å². The monoisotopic (exact) mass is 431 g/mol. The lowest BCUT2D eigenvalue weighted by molar-refractivity contribution is -0.970. The number of hydrogen-bond acceptors (Lipinski definition) is 7. The van der Waals surface area contributed by atoms with Crippen molar-refractivity contribution in [3.63, 3.8) is 0 Å². The van der Waals surface area contributed by atoms with Crippen LogP contribution in [-0.2, 0) is 4.79 Å². The van der Waals surface area contributed by atoms with Crippen molar-refractivity contribution in [2.45, 2.75) is 121 Å². The van der Waals surface area contributed by atoms with Crippen LogP contribution in [0.4, 0.5) is 0 Å². The SMILES string of the molecule is O=CCCCCCCCCCCCCCCCCCCC([N+](=O)[O-])([N+](=O)[O-])[N+](=O)[O-]. The van der Waals surface area contributed by atoms with E-state index in [-0.39, 0.29) is 6.42 Å². The lowest BCUT2D eigenvalue weighted by Gasteiger charge is -2.08. The maximum absolute atomic E-state index is 10.8. The predicted octanol–water partition coefficient (Wildman–Crippen LogP) is 5.69. The fourth-order valence-corrected chi connectivity index (χ4v) is 3.54. The third-order valence-electron chi connectivity index (χ3n) is 5.46. The number of rotatable bonds is 22. The summed E-state index contributed by atoms with van der Waals surface area (Å²) in [7, 11) is 0. The minimum Gasteiger partial charge on any atom is -0.303 e. The average molecular weight is 432 g/mol. The Bertz CT molecular complexity index is 479. The first-order chi connectivity index (χ1) is 14.4. The molecule has 0 spiro atoms. The molecular formula is C20H37N3O7. The molecular weight excluding hydrogens is 394 g/mol. The molecule has 0 saturated heterocycles. The first-order valence-electron chi connectivity index (χ1n) is 11.3. The highest BCUT2D eigenvalue weighted by atomic mass is 16.7. The maximum Gasteiger partial charge on any atom is 0.699 e. The topological polar surface area (TPSA) is 146 Å². The highest BCUT2D eigenvalue weighted by molar-refractivity contribution is 5.48. The molecule has 0 rings (SSSR count). The van der Waals surface area contributed by atoms with Crippen molar-refractivity contribution in [2.75, 3.05) is 0 Å². The van der Waals surface area contributed by atoms with E-state index >= 15 is 0 Å². The molecule has 0 aromatic rings. The Morgan fingerprint density at radius 3 is 1.03 bits per heavy atom. The van der Waals surface area contributed by atoms with E-state index < -0.39 is 27.0 Å². The van der Waals surface area contributed by atoms with Crippen molar-refractivity contribution in [1.82, 2.24) is 0 Å². The van der Waals surface area contributed by atoms with E-state index in [9.17, 15) is 35.1 Å². The van der Waals surface area contributed by atoms with E-state index in [1.165, 1.54) is 51.4 Å². The Hall–Kier alpha value is -2.13. The number of carbonyl (C=O) groups is 1. The van der Waals surface area contributed by atoms with Gasteiger partial charge >= 0.3 is 5.79 Å². The molecule has 174 valence electrons. The van der Waals surface area contributed by atoms with Crippen LogP contribution in [0.5, 0.6) is 0 Å². The quantitative estimate of drug-likeness (QED) is 0.0703. The molecule has 0 bridgehead atoms. The highest BCUT2D eigenvalue weighted by Gasteiger charge is 2.69. The molecule has 0 aliphatic heterocycles. The van der Waals surface area contributed by atoms with Crippen LogP contribution in [0, 0.1) is 30.3 Å². The smallest absolute Gasteiger partial charge is 0.303 e. The molecule has 0 unspecified atom stereocenters. The van der Waals surface area contributed by atoms with E-state index in [1.54, 1.807) is 0 Å². The molecule has 0 saturated carbocycles. The summed E-state index contributed by atoms with van der Waals surface area (Å²) in [6.07, 6.45) is 17.6. The van der Waals surface area contributed by atoms with Gasteiger partial charge in [0.05, 0.1) is 0 Å². The number of unbranched alkanes of at least 4 members (excludes halogenated alkanes) is 16. The number of carbonyl (C=O) groups excluding carboxylic acids is 1. The Balaban J connectivity index is 3.52. The number of hydrogen-bond donors (Lipinski definition) is 0. The summed E-state index contributed by atoms with van der Waals surface area (Å²) in [4.78, 5) is 38.5. The lowest BCUT2D eigenvalue weighted by Crippen LogP contribution is -2.53. The van der Waals surface area contributed by atoms with Crippen LogP contribution in [0.25, 0.3) is 0 Å². The molecule has 30 heavy (non-hydrogen) atoms. The molecule has 0 atom stereocenters. The first-order valence-corrected chi connectivity index (χ1v) is 11.3. The summed E-state index contributed by atoms with van der Waals surface area (Å²) < 4.78 is 0. The molecule has 10 nitrogen and oxygen atoms in total. The fourth-order valence-electron chi connectivity index (χ4n) is 3.54. The zero-order valence-electron chi connectivity index (χ0n) is 18.0. The van der Waals surface area contributed by atoms with Crippen molar-refractivity contribution < 1.29 is 19.6 Å². The van der Waals surface area contributed by atoms with E-state index in [0.717, 1.165) is 44.8 Å². The van der Waals surface area contributed by atoms with Gasteiger partial charge in [-0.15, -0.1) is 0 Å². The molecule has 0 aromatic heterocycles. The van der Waals surface area contributed by atoms with Gasteiger partial charge in [-0.05, 0) is 12.8 Å². The fraction of sp³-hybridized carbons (Fsp3) is 0.950. The van der Waals surface area contributed by atoms with Gasteiger partial charge in [0.1, 0.15) is 6.29 Å². The predicted molar refractivity (Wildman–Crippen MR) is 113 cm³/mol. The third-order valence-corrected chi connectivity index (χ3v) is 5.46. The van der Waals surface area contributed by atoms with Crippen LogP contribution in [-0.4, -0.2) is 26.8 Å². The van der Waals surface area contributed by atoms with Crippen molar-refractivity contribution in [2.24, 2.45) is 0 Å². The van der Waals surface area contributed by atoms with Gasteiger partial charge in [-0.2, -0.15) is 0 Å². The Morgan fingerprint density at radius 2 is 0.767 bits per heavy atom. The van der Waals surface area contributed by atoms with Gasteiger partial charge in [-0.3, -0.25) is 30.3 Å². The third kappa shape index (κ3) is 11.8. The summed E-state index contributed by atoms with van der Waals surface area (Å²) in [5.74, 6) is -3.31. The molecule has 0 aliphatic rings. The normalized spacial score (nSPS) is 11.3. The van der Waals surface area contributed by atoms with Crippen LogP contribution in [0.2, 0.25) is 0 Å². The van der Waals surface area contributed by atoms with Gasteiger partial charge in [0.25, 0.3) is 0 Å². The number of nitrogens with zero attached hydrogens (tertiary/aromatic N) is 3. The largest absolute Gasteiger partial charge is 0.699 e. The summed E-state index contributed by atoms with van der Waals surface area (Å²) in [5, 5.41) is 32.5. The molecule has 0 aliphatic carbocycles. The van der Waals surface area contributed by atoms with Gasteiger partial charge < -0.3 is 4.79 Å². The zero-order valence-corrected chi connectivity index (χ0v) is 18.0. The van der Waals surface area contributed by atoms with Gasteiger partial charge in [0.2, 0.25) is 0 Å². The molecule has 0 heterocycles. The molecule has 10 heteroatoms. The van der Waals surface area contributed by atoms with Crippen molar-refractivity contribution in [3.05, 3.63) is 30.3 Å². The molecule has 0 radical (unpaired) electrons. The first kappa shape index (κ1) is 27.9. The van der Waals surface area contributed by atoms with Crippen LogP contribution < -0.4 is 0 Å². The van der Waals surface area contributed by atoms with E-state index in [4.69, 9.17) is 0 Å². The highest BCUT2D eigenvalue weighted by Crippen LogP contribution is 2.22. The zero-order chi connectivity index (χ0) is 22.7.